The van der Waals surface area contributed by atoms with E-state index in [0.717, 1.165) is 0 Å². The van der Waals surface area contributed by atoms with Gasteiger partial charge in [0.05, 0.1) is 31.4 Å². The van der Waals surface area contributed by atoms with E-state index in [9.17, 15) is 9.59 Å². The summed E-state index contributed by atoms with van der Waals surface area (Å²) in [5, 5.41) is 7.28. The molecule has 0 aliphatic rings. The second-order valence-electron chi connectivity index (χ2n) is 4.62. The van der Waals surface area contributed by atoms with Gasteiger partial charge in [0.15, 0.2) is 5.65 Å². The lowest BCUT2D eigenvalue weighted by Gasteiger charge is -2.05. The Kier molecular flexibility index (Phi) is 3.94. The molecular weight excluding hydrogens is 320 g/mol. The molecular formula is C15H11ClN4O3. The molecule has 0 bridgehead atoms. The summed E-state index contributed by atoms with van der Waals surface area (Å²) in [6.45, 7) is 0. The molecule has 3 rings (SSSR count). The minimum Gasteiger partial charge on any atom is -0.465 e. The van der Waals surface area contributed by atoms with E-state index in [1.54, 1.807) is 30.5 Å². The second-order valence-corrected chi connectivity index (χ2v) is 5.06. The van der Waals surface area contributed by atoms with E-state index in [0.29, 0.717) is 21.9 Å². The van der Waals surface area contributed by atoms with Crippen LogP contribution in [0, 0.1) is 0 Å². The van der Waals surface area contributed by atoms with Crippen LogP contribution in [0.2, 0.25) is 5.02 Å². The number of methoxy groups -OCH3 is 1. The highest BCUT2D eigenvalue weighted by atomic mass is 35.5. The third-order valence-electron chi connectivity index (χ3n) is 3.13. The van der Waals surface area contributed by atoms with Gasteiger partial charge < -0.3 is 10.1 Å². The normalized spacial score (nSPS) is 10.5. The van der Waals surface area contributed by atoms with E-state index in [1.807, 2.05) is 0 Å². The number of carbonyl (C=O) groups excluding carboxylic acids is 2. The second kappa shape index (κ2) is 6.05. The number of fused-ring (bicyclic) bond motifs is 1. The number of halogens is 1. The number of carbonyl (C=O) groups is 2. The number of amides is 1. The standard InChI is InChI=1S/C15H11ClN4O3/c1-23-15(22)12-7-18-20-8-11(6-17-13(12)20)19-14(21)9-2-4-10(16)5-3-9/h2-8H,1H3,(H,19,21). The van der Waals surface area contributed by atoms with Gasteiger partial charge in [-0.1, -0.05) is 11.6 Å². The van der Waals surface area contributed by atoms with Crippen molar-refractivity contribution < 1.29 is 14.3 Å². The van der Waals surface area contributed by atoms with Crippen LogP contribution in [0.3, 0.4) is 0 Å². The molecule has 0 aliphatic carbocycles. The smallest absolute Gasteiger partial charge is 0.343 e. The molecule has 0 fully saturated rings. The molecule has 0 saturated carbocycles. The van der Waals surface area contributed by atoms with Gasteiger partial charge in [0, 0.05) is 10.6 Å². The van der Waals surface area contributed by atoms with Crippen LogP contribution in [0.4, 0.5) is 5.69 Å². The van der Waals surface area contributed by atoms with E-state index < -0.39 is 5.97 Å². The van der Waals surface area contributed by atoms with E-state index in [1.165, 1.54) is 24.0 Å². The zero-order chi connectivity index (χ0) is 16.4. The van der Waals surface area contributed by atoms with Crippen molar-refractivity contribution in [2.75, 3.05) is 12.4 Å². The molecule has 8 heteroatoms. The zero-order valence-corrected chi connectivity index (χ0v) is 12.7. The van der Waals surface area contributed by atoms with Crippen molar-refractivity contribution in [3.05, 3.63) is 59.0 Å². The summed E-state index contributed by atoms with van der Waals surface area (Å²) >= 11 is 5.79. The van der Waals surface area contributed by atoms with Crippen molar-refractivity contribution >= 4 is 34.8 Å². The van der Waals surface area contributed by atoms with Crippen LogP contribution in [0.15, 0.2) is 42.9 Å². The van der Waals surface area contributed by atoms with Crippen molar-refractivity contribution in [3.63, 3.8) is 0 Å². The number of nitrogens with one attached hydrogen (secondary N) is 1. The lowest BCUT2D eigenvalue weighted by molar-refractivity contribution is 0.0602. The predicted octanol–water partition coefficient (Wildman–Crippen LogP) is 2.42. The highest BCUT2D eigenvalue weighted by molar-refractivity contribution is 6.30. The largest absolute Gasteiger partial charge is 0.465 e. The van der Waals surface area contributed by atoms with Gasteiger partial charge in [0.1, 0.15) is 5.56 Å². The van der Waals surface area contributed by atoms with Crippen LogP contribution in [0.25, 0.3) is 5.65 Å². The molecule has 0 saturated heterocycles. The van der Waals surface area contributed by atoms with Gasteiger partial charge in [-0.3, -0.25) is 4.79 Å². The van der Waals surface area contributed by atoms with Gasteiger partial charge in [0.2, 0.25) is 0 Å². The van der Waals surface area contributed by atoms with E-state index in [-0.39, 0.29) is 11.5 Å². The first-order valence-corrected chi connectivity index (χ1v) is 6.95. The summed E-state index contributed by atoms with van der Waals surface area (Å²) in [7, 11) is 1.28. The fourth-order valence-electron chi connectivity index (χ4n) is 2.00. The van der Waals surface area contributed by atoms with Crippen LogP contribution in [-0.4, -0.2) is 33.6 Å². The number of aromatic nitrogens is 3. The topological polar surface area (TPSA) is 85.6 Å². The van der Waals surface area contributed by atoms with Crippen molar-refractivity contribution in [2.45, 2.75) is 0 Å². The molecule has 1 aromatic carbocycles. The Morgan fingerprint density at radius 1 is 1.22 bits per heavy atom. The number of hydrogen-bond acceptors (Lipinski definition) is 5. The van der Waals surface area contributed by atoms with E-state index in [4.69, 9.17) is 11.6 Å². The number of nitrogens with zero attached hydrogens (tertiary/aromatic N) is 3. The molecule has 1 N–H and O–H groups in total. The summed E-state index contributed by atoms with van der Waals surface area (Å²) in [4.78, 5) is 27.8. The number of benzene rings is 1. The molecule has 0 aliphatic heterocycles. The molecule has 0 atom stereocenters. The van der Waals surface area contributed by atoms with Gasteiger partial charge in [-0.2, -0.15) is 5.10 Å². The van der Waals surface area contributed by atoms with E-state index in [2.05, 4.69) is 20.1 Å². The number of esters is 1. The minimum absolute atomic E-state index is 0.253. The third-order valence-corrected chi connectivity index (χ3v) is 3.38. The molecule has 7 nitrogen and oxygen atoms in total. The van der Waals surface area contributed by atoms with Crippen LogP contribution in [0.5, 0.6) is 0 Å². The summed E-state index contributed by atoms with van der Waals surface area (Å²) in [5.74, 6) is -0.825. The van der Waals surface area contributed by atoms with Crippen molar-refractivity contribution in [1.29, 1.82) is 0 Å². The van der Waals surface area contributed by atoms with Crippen molar-refractivity contribution in [2.24, 2.45) is 0 Å². The first kappa shape index (κ1) is 15.0. The highest BCUT2D eigenvalue weighted by Gasteiger charge is 2.15. The maximum absolute atomic E-state index is 12.1. The average molecular weight is 331 g/mol. The Balaban J connectivity index is 1.85. The Bertz CT molecular complexity index is 889. The van der Waals surface area contributed by atoms with Crippen LogP contribution in [0.1, 0.15) is 20.7 Å². The molecule has 1 amide bonds. The fourth-order valence-corrected chi connectivity index (χ4v) is 2.12. The summed E-state index contributed by atoms with van der Waals surface area (Å²) < 4.78 is 6.04. The Morgan fingerprint density at radius 2 is 1.96 bits per heavy atom. The van der Waals surface area contributed by atoms with Gasteiger partial charge in [-0.15, -0.1) is 0 Å². The molecule has 2 heterocycles. The molecule has 23 heavy (non-hydrogen) atoms. The van der Waals surface area contributed by atoms with Gasteiger partial charge >= 0.3 is 5.97 Å². The highest BCUT2D eigenvalue weighted by Crippen LogP contribution is 2.15. The molecule has 0 radical (unpaired) electrons. The quantitative estimate of drug-likeness (QED) is 0.745. The van der Waals surface area contributed by atoms with Crippen LogP contribution >= 0.6 is 11.6 Å². The average Bonchev–Trinajstić information content (AvgIpc) is 2.98. The van der Waals surface area contributed by atoms with Gasteiger partial charge in [-0.05, 0) is 24.3 Å². The number of ether oxygens (including phenoxy) is 1. The molecule has 116 valence electrons. The summed E-state index contributed by atoms with van der Waals surface area (Å²) in [6, 6.07) is 6.50. The number of rotatable bonds is 3. The van der Waals surface area contributed by atoms with Gasteiger partial charge in [-0.25, -0.2) is 14.3 Å². The predicted molar refractivity (Wildman–Crippen MR) is 83.7 cm³/mol. The maximum Gasteiger partial charge on any atom is 0.343 e. The van der Waals surface area contributed by atoms with Crippen molar-refractivity contribution in [1.82, 2.24) is 14.6 Å². The number of hydrogen-bond donors (Lipinski definition) is 1. The fraction of sp³-hybridized carbons (Fsp3) is 0.0667. The Hall–Kier alpha value is -2.93. The third kappa shape index (κ3) is 3.00. The van der Waals surface area contributed by atoms with Crippen molar-refractivity contribution in [3.8, 4) is 0 Å². The first-order valence-electron chi connectivity index (χ1n) is 6.57. The Labute approximate surface area is 135 Å². The molecule has 0 spiro atoms. The lowest BCUT2D eigenvalue weighted by Crippen LogP contribution is -2.12. The van der Waals surface area contributed by atoms with Crippen LogP contribution in [-0.2, 0) is 4.74 Å². The molecule has 0 unspecified atom stereocenters. The first-order chi connectivity index (χ1) is 11.1. The number of anilines is 1. The lowest BCUT2D eigenvalue weighted by atomic mass is 10.2. The SMILES string of the molecule is COC(=O)c1cnn2cc(NC(=O)c3ccc(Cl)cc3)cnc12. The van der Waals surface area contributed by atoms with E-state index >= 15 is 0 Å². The summed E-state index contributed by atoms with van der Waals surface area (Å²) in [5.41, 5.74) is 1.51. The van der Waals surface area contributed by atoms with Gasteiger partial charge in [0.25, 0.3) is 5.91 Å². The van der Waals surface area contributed by atoms with Crippen LogP contribution < -0.4 is 5.32 Å². The Morgan fingerprint density at radius 3 is 2.65 bits per heavy atom. The zero-order valence-electron chi connectivity index (χ0n) is 12.0. The minimum atomic E-state index is -0.523. The maximum atomic E-state index is 12.1. The molecule has 2 aromatic heterocycles. The monoisotopic (exact) mass is 330 g/mol. The molecule has 3 aromatic rings. The summed E-state index contributed by atoms with van der Waals surface area (Å²) in [6.07, 6.45) is 4.36.